The van der Waals surface area contributed by atoms with Gasteiger partial charge in [-0.2, -0.15) is 5.10 Å². The van der Waals surface area contributed by atoms with Crippen LogP contribution in [0.4, 0.5) is 5.69 Å². The van der Waals surface area contributed by atoms with E-state index >= 15 is 0 Å². The van der Waals surface area contributed by atoms with Gasteiger partial charge in [-0.05, 0) is 28.1 Å². The summed E-state index contributed by atoms with van der Waals surface area (Å²) in [6.07, 6.45) is 2.22. The molecular weight excluding hydrogens is 302 g/mol. The molecule has 1 heterocycles. The standard InChI is InChI=1S/C11H10BrN3O3/c12-10-7-14(13-11(10)5-6-16)8-1-3-9(4-2-8)15(17)18/h1-4,7,16H,5-6H2. The summed E-state index contributed by atoms with van der Waals surface area (Å²) in [5, 5.41) is 23.7. The molecule has 0 radical (unpaired) electrons. The molecule has 1 N–H and O–H groups in total. The Bertz CT molecular complexity index is 565. The molecule has 7 heteroatoms. The Kier molecular flexibility index (Phi) is 3.73. The first-order valence-corrected chi connectivity index (χ1v) is 6.01. The van der Waals surface area contributed by atoms with E-state index < -0.39 is 4.92 Å². The highest BCUT2D eigenvalue weighted by atomic mass is 79.9. The first kappa shape index (κ1) is 12.7. The van der Waals surface area contributed by atoms with Crippen molar-refractivity contribution in [3.05, 3.63) is 50.7 Å². The number of hydrogen-bond donors (Lipinski definition) is 1. The Labute approximate surface area is 111 Å². The van der Waals surface area contributed by atoms with Gasteiger partial charge in [0.1, 0.15) is 0 Å². The lowest BCUT2D eigenvalue weighted by Gasteiger charge is -2.00. The number of aliphatic hydroxyl groups is 1. The largest absolute Gasteiger partial charge is 0.396 e. The molecule has 94 valence electrons. The minimum absolute atomic E-state index is 0.0237. The SMILES string of the molecule is O=[N+]([O-])c1ccc(-n2cc(Br)c(CCO)n2)cc1. The van der Waals surface area contributed by atoms with Gasteiger partial charge in [0.2, 0.25) is 0 Å². The maximum Gasteiger partial charge on any atom is 0.269 e. The van der Waals surface area contributed by atoms with Gasteiger partial charge in [-0.15, -0.1) is 0 Å². The molecule has 1 aromatic heterocycles. The topological polar surface area (TPSA) is 81.2 Å². The maximum absolute atomic E-state index is 10.5. The number of nitro benzene ring substituents is 1. The summed E-state index contributed by atoms with van der Waals surface area (Å²) in [6, 6.07) is 6.11. The molecule has 18 heavy (non-hydrogen) atoms. The highest BCUT2D eigenvalue weighted by molar-refractivity contribution is 9.10. The van der Waals surface area contributed by atoms with Crippen LogP contribution >= 0.6 is 15.9 Å². The van der Waals surface area contributed by atoms with Crippen molar-refractivity contribution < 1.29 is 10.0 Å². The number of hydrogen-bond acceptors (Lipinski definition) is 4. The Hall–Kier alpha value is -1.73. The lowest BCUT2D eigenvalue weighted by molar-refractivity contribution is -0.384. The fourth-order valence-corrected chi connectivity index (χ4v) is 1.99. The van der Waals surface area contributed by atoms with E-state index in [0.717, 1.165) is 15.9 Å². The number of non-ortho nitro benzene ring substituents is 1. The van der Waals surface area contributed by atoms with Gasteiger partial charge in [0, 0.05) is 31.4 Å². The van der Waals surface area contributed by atoms with E-state index in [0.29, 0.717) is 6.42 Å². The molecule has 0 atom stereocenters. The van der Waals surface area contributed by atoms with Crippen LogP contribution in [0.5, 0.6) is 0 Å². The van der Waals surface area contributed by atoms with Crippen molar-refractivity contribution in [1.29, 1.82) is 0 Å². The van der Waals surface area contributed by atoms with E-state index in [9.17, 15) is 10.1 Å². The number of aromatic nitrogens is 2. The molecule has 0 fully saturated rings. The molecule has 6 nitrogen and oxygen atoms in total. The second-order valence-corrected chi connectivity index (χ2v) is 4.47. The van der Waals surface area contributed by atoms with Crippen molar-refractivity contribution in [2.75, 3.05) is 6.61 Å². The number of halogens is 1. The van der Waals surface area contributed by atoms with Gasteiger partial charge in [-0.3, -0.25) is 10.1 Å². The highest BCUT2D eigenvalue weighted by Crippen LogP contribution is 2.20. The molecule has 0 bridgehead atoms. The van der Waals surface area contributed by atoms with Crippen molar-refractivity contribution in [3.63, 3.8) is 0 Å². The Morgan fingerprint density at radius 3 is 2.61 bits per heavy atom. The molecule has 0 saturated carbocycles. The molecule has 0 saturated heterocycles. The van der Waals surface area contributed by atoms with Crippen LogP contribution in [0.15, 0.2) is 34.9 Å². The predicted octanol–water partition coefficient (Wildman–Crippen LogP) is 2.08. The average molecular weight is 312 g/mol. The van der Waals surface area contributed by atoms with E-state index in [-0.39, 0.29) is 12.3 Å². The van der Waals surface area contributed by atoms with E-state index in [2.05, 4.69) is 21.0 Å². The molecule has 0 aliphatic carbocycles. The average Bonchev–Trinajstić information content (AvgIpc) is 2.72. The van der Waals surface area contributed by atoms with Gasteiger partial charge in [0.05, 0.1) is 20.8 Å². The summed E-state index contributed by atoms with van der Waals surface area (Å²) >= 11 is 3.35. The first-order chi connectivity index (χ1) is 8.61. The van der Waals surface area contributed by atoms with Crippen molar-refractivity contribution in [2.45, 2.75) is 6.42 Å². The molecule has 0 spiro atoms. The molecule has 0 amide bonds. The van der Waals surface area contributed by atoms with Crippen molar-refractivity contribution >= 4 is 21.6 Å². The Morgan fingerprint density at radius 1 is 1.39 bits per heavy atom. The van der Waals surface area contributed by atoms with Crippen LogP contribution in [-0.4, -0.2) is 26.4 Å². The zero-order valence-corrected chi connectivity index (χ0v) is 10.9. The van der Waals surface area contributed by atoms with Crippen LogP contribution in [0.25, 0.3) is 5.69 Å². The van der Waals surface area contributed by atoms with Crippen LogP contribution in [0.1, 0.15) is 5.69 Å². The predicted molar refractivity (Wildman–Crippen MR) is 68.7 cm³/mol. The summed E-state index contributed by atoms with van der Waals surface area (Å²) in [5.41, 5.74) is 1.52. The second kappa shape index (κ2) is 5.28. The molecule has 0 aliphatic heterocycles. The molecule has 0 aliphatic rings. The first-order valence-electron chi connectivity index (χ1n) is 5.21. The zero-order chi connectivity index (χ0) is 13.1. The number of rotatable bonds is 4. The lowest BCUT2D eigenvalue weighted by Crippen LogP contribution is -1.98. The normalized spacial score (nSPS) is 10.6. The second-order valence-electron chi connectivity index (χ2n) is 3.62. The third kappa shape index (κ3) is 2.57. The molecule has 2 aromatic rings. The summed E-state index contributed by atoms with van der Waals surface area (Å²) in [4.78, 5) is 10.1. The summed E-state index contributed by atoms with van der Waals surface area (Å²) in [6.45, 7) is 0.0237. The lowest BCUT2D eigenvalue weighted by atomic mass is 10.3. The highest BCUT2D eigenvalue weighted by Gasteiger charge is 2.09. The number of benzene rings is 1. The molecule has 1 aromatic carbocycles. The van der Waals surface area contributed by atoms with Gasteiger partial charge >= 0.3 is 0 Å². The number of nitrogens with zero attached hydrogens (tertiary/aromatic N) is 3. The summed E-state index contributed by atoms with van der Waals surface area (Å²) < 4.78 is 2.41. The summed E-state index contributed by atoms with van der Waals surface area (Å²) in [5.74, 6) is 0. The van der Waals surface area contributed by atoms with Crippen molar-refractivity contribution in [1.82, 2.24) is 9.78 Å². The third-order valence-corrected chi connectivity index (χ3v) is 3.08. The third-order valence-electron chi connectivity index (χ3n) is 2.41. The number of nitro groups is 1. The van der Waals surface area contributed by atoms with Gasteiger partial charge in [0.25, 0.3) is 5.69 Å². The number of aliphatic hydroxyl groups excluding tert-OH is 1. The van der Waals surface area contributed by atoms with Crippen LogP contribution in [0.2, 0.25) is 0 Å². The van der Waals surface area contributed by atoms with Gasteiger partial charge in [-0.1, -0.05) is 0 Å². The molecule has 0 unspecified atom stereocenters. The monoisotopic (exact) mass is 311 g/mol. The van der Waals surface area contributed by atoms with Gasteiger partial charge in [-0.25, -0.2) is 4.68 Å². The Morgan fingerprint density at radius 2 is 2.06 bits per heavy atom. The minimum atomic E-state index is -0.444. The fraction of sp³-hybridized carbons (Fsp3) is 0.182. The van der Waals surface area contributed by atoms with Gasteiger partial charge < -0.3 is 5.11 Å². The quantitative estimate of drug-likeness (QED) is 0.692. The van der Waals surface area contributed by atoms with Crippen molar-refractivity contribution in [3.8, 4) is 5.69 Å². The van der Waals surface area contributed by atoms with Crippen molar-refractivity contribution in [2.24, 2.45) is 0 Å². The van der Waals surface area contributed by atoms with Crippen LogP contribution in [-0.2, 0) is 6.42 Å². The fourth-order valence-electron chi connectivity index (χ4n) is 1.52. The minimum Gasteiger partial charge on any atom is -0.396 e. The van der Waals surface area contributed by atoms with E-state index in [1.54, 1.807) is 23.0 Å². The van der Waals surface area contributed by atoms with Gasteiger partial charge in [0.15, 0.2) is 0 Å². The smallest absolute Gasteiger partial charge is 0.269 e. The maximum atomic E-state index is 10.5. The van der Waals surface area contributed by atoms with Crippen LogP contribution < -0.4 is 0 Å². The Balaban J connectivity index is 2.31. The molecular formula is C11H10BrN3O3. The molecule has 2 rings (SSSR count). The van der Waals surface area contributed by atoms with E-state index in [1.165, 1.54) is 12.1 Å². The van der Waals surface area contributed by atoms with Crippen LogP contribution in [0, 0.1) is 10.1 Å². The van der Waals surface area contributed by atoms with E-state index in [1.807, 2.05) is 0 Å². The summed E-state index contributed by atoms with van der Waals surface area (Å²) in [7, 11) is 0. The van der Waals surface area contributed by atoms with Crippen LogP contribution in [0.3, 0.4) is 0 Å². The van der Waals surface area contributed by atoms with E-state index in [4.69, 9.17) is 5.11 Å². The zero-order valence-electron chi connectivity index (χ0n) is 9.28.